The molecule has 1 aliphatic heterocycles. The Balaban J connectivity index is 1.60. The zero-order valence-corrected chi connectivity index (χ0v) is 10.9. The Labute approximate surface area is 107 Å². The van der Waals surface area contributed by atoms with Gasteiger partial charge < -0.3 is 14.6 Å². The number of hydrogen-bond acceptors (Lipinski definition) is 5. The van der Waals surface area contributed by atoms with Crippen molar-refractivity contribution in [1.29, 1.82) is 0 Å². The molecule has 0 unspecified atom stereocenters. The number of hydrogen-bond donors (Lipinski definition) is 1. The predicted octanol–water partition coefficient (Wildman–Crippen LogP) is 2.17. The highest BCUT2D eigenvalue weighted by Gasteiger charge is 2.25. The van der Waals surface area contributed by atoms with Gasteiger partial charge in [-0.2, -0.15) is 4.98 Å². The van der Waals surface area contributed by atoms with Gasteiger partial charge in [-0.15, -0.1) is 0 Å². The maximum absolute atomic E-state index is 5.38. The quantitative estimate of drug-likeness (QED) is 0.888. The number of rotatable bonds is 4. The van der Waals surface area contributed by atoms with Crippen molar-refractivity contribution in [2.24, 2.45) is 0 Å². The molecule has 0 radical (unpaired) electrons. The normalized spacial score (nSPS) is 26.8. The molecule has 0 spiro atoms. The van der Waals surface area contributed by atoms with Gasteiger partial charge in [0.05, 0.1) is 12.6 Å². The van der Waals surface area contributed by atoms with Crippen molar-refractivity contribution in [2.75, 3.05) is 13.2 Å². The second kappa shape index (κ2) is 5.36. The molecule has 1 N–H and O–H groups in total. The highest BCUT2D eigenvalue weighted by atomic mass is 16.5. The summed E-state index contributed by atoms with van der Waals surface area (Å²) in [5.41, 5.74) is 0. The fraction of sp³-hybridized carbons (Fsp3) is 0.846. The van der Waals surface area contributed by atoms with Gasteiger partial charge in [0.25, 0.3) is 0 Å². The second-order valence-electron chi connectivity index (χ2n) is 5.42. The lowest BCUT2D eigenvalue weighted by atomic mass is 10.1. The number of nitrogens with zero attached hydrogens (tertiary/aromatic N) is 2. The van der Waals surface area contributed by atoms with Crippen molar-refractivity contribution in [3.63, 3.8) is 0 Å². The first-order chi connectivity index (χ1) is 8.83. The van der Waals surface area contributed by atoms with E-state index in [2.05, 4.69) is 22.4 Å². The topological polar surface area (TPSA) is 60.2 Å². The SMILES string of the molecule is C[C@H](N[C@H]1CCOC1)c1nc(C2CCCC2)no1. The molecular formula is C13H21N3O2. The van der Waals surface area contributed by atoms with Crippen LogP contribution in [0, 0.1) is 0 Å². The first kappa shape index (κ1) is 12.1. The summed E-state index contributed by atoms with van der Waals surface area (Å²) in [5, 5.41) is 7.61. The van der Waals surface area contributed by atoms with Crippen LogP contribution in [0.2, 0.25) is 0 Å². The summed E-state index contributed by atoms with van der Waals surface area (Å²) in [7, 11) is 0. The smallest absolute Gasteiger partial charge is 0.243 e. The first-order valence-electron chi connectivity index (χ1n) is 7.00. The van der Waals surface area contributed by atoms with Crippen LogP contribution in [0.25, 0.3) is 0 Å². The molecule has 2 atom stereocenters. The van der Waals surface area contributed by atoms with Crippen LogP contribution in [0.1, 0.15) is 62.7 Å². The van der Waals surface area contributed by atoms with E-state index in [1.54, 1.807) is 0 Å². The Morgan fingerprint density at radius 3 is 2.83 bits per heavy atom. The van der Waals surface area contributed by atoms with E-state index in [1.165, 1.54) is 25.7 Å². The molecule has 0 bridgehead atoms. The Hall–Kier alpha value is -0.940. The Kier molecular flexibility index (Phi) is 3.61. The molecule has 1 aromatic heterocycles. The zero-order chi connectivity index (χ0) is 12.4. The molecule has 5 heteroatoms. The van der Waals surface area contributed by atoms with Crippen LogP contribution >= 0.6 is 0 Å². The van der Waals surface area contributed by atoms with Crippen molar-refractivity contribution in [2.45, 2.75) is 57.0 Å². The van der Waals surface area contributed by atoms with Gasteiger partial charge in [-0.05, 0) is 26.2 Å². The molecule has 100 valence electrons. The Morgan fingerprint density at radius 2 is 2.11 bits per heavy atom. The van der Waals surface area contributed by atoms with Gasteiger partial charge in [-0.1, -0.05) is 18.0 Å². The fourth-order valence-electron chi connectivity index (χ4n) is 2.86. The van der Waals surface area contributed by atoms with Crippen molar-refractivity contribution in [3.8, 4) is 0 Å². The van der Waals surface area contributed by atoms with Crippen LogP contribution in [0.4, 0.5) is 0 Å². The van der Waals surface area contributed by atoms with E-state index in [-0.39, 0.29) is 6.04 Å². The van der Waals surface area contributed by atoms with Gasteiger partial charge in [0, 0.05) is 18.6 Å². The van der Waals surface area contributed by atoms with Crippen LogP contribution < -0.4 is 5.32 Å². The first-order valence-corrected chi connectivity index (χ1v) is 7.00. The van der Waals surface area contributed by atoms with Gasteiger partial charge in [0.1, 0.15) is 0 Å². The molecule has 5 nitrogen and oxygen atoms in total. The van der Waals surface area contributed by atoms with Gasteiger partial charge in [0.2, 0.25) is 5.89 Å². The highest BCUT2D eigenvalue weighted by Crippen LogP contribution is 2.32. The average Bonchev–Trinajstić information content (AvgIpc) is 3.11. The molecule has 1 saturated heterocycles. The molecule has 2 heterocycles. The van der Waals surface area contributed by atoms with E-state index in [4.69, 9.17) is 9.26 Å². The lowest BCUT2D eigenvalue weighted by Crippen LogP contribution is -2.31. The van der Waals surface area contributed by atoms with E-state index >= 15 is 0 Å². The summed E-state index contributed by atoms with van der Waals surface area (Å²) in [6, 6.07) is 0.529. The van der Waals surface area contributed by atoms with Crippen LogP contribution in [0.3, 0.4) is 0 Å². The zero-order valence-electron chi connectivity index (χ0n) is 10.9. The maximum Gasteiger partial charge on any atom is 0.243 e. The summed E-state index contributed by atoms with van der Waals surface area (Å²) in [6.07, 6.45) is 6.06. The number of nitrogens with one attached hydrogen (secondary N) is 1. The van der Waals surface area contributed by atoms with Crippen LogP contribution in [0.15, 0.2) is 4.52 Å². The van der Waals surface area contributed by atoms with Crippen LogP contribution in [-0.2, 0) is 4.74 Å². The minimum Gasteiger partial charge on any atom is -0.380 e. The van der Waals surface area contributed by atoms with Crippen LogP contribution in [0.5, 0.6) is 0 Å². The standard InChI is InChI=1S/C13H21N3O2/c1-9(14-11-6-7-17-8-11)13-15-12(16-18-13)10-4-2-3-5-10/h9-11,14H,2-8H2,1H3/t9-,11-/m0/s1. The molecule has 3 rings (SSSR count). The molecule has 2 aliphatic rings. The third kappa shape index (κ3) is 2.57. The summed E-state index contributed by atoms with van der Waals surface area (Å²) in [5.74, 6) is 2.13. The third-order valence-electron chi connectivity index (χ3n) is 3.96. The lowest BCUT2D eigenvalue weighted by molar-refractivity contribution is 0.187. The predicted molar refractivity (Wildman–Crippen MR) is 66.3 cm³/mol. The van der Waals surface area contributed by atoms with Gasteiger partial charge in [0.15, 0.2) is 5.82 Å². The second-order valence-corrected chi connectivity index (χ2v) is 5.42. The van der Waals surface area contributed by atoms with E-state index in [9.17, 15) is 0 Å². The third-order valence-corrected chi connectivity index (χ3v) is 3.96. The number of ether oxygens (including phenoxy) is 1. The Bertz CT molecular complexity index is 381. The van der Waals surface area contributed by atoms with Crippen molar-refractivity contribution in [1.82, 2.24) is 15.5 Å². The summed E-state index contributed by atoms with van der Waals surface area (Å²) >= 11 is 0. The van der Waals surface area contributed by atoms with Gasteiger partial charge >= 0.3 is 0 Å². The lowest BCUT2D eigenvalue weighted by Gasteiger charge is -2.14. The van der Waals surface area contributed by atoms with E-state index in [1.807, 2.05) is 0 Å². The van der Waals surface area contributed by atoms with E-state index in [0.717, 1.165) is 25.5 Å². The monoisotopic (exact) mass is 251 g/mol. The maximum atomic E-state index is 5.38. The van der Waals surface area contributed by atoms with Gasteiger partial charge in [-0.3, -0.25) is 0 Å². The largest absolute Gasteiger partial charge is 0.380 e. The molecular weight excluding hydrogens is 230 g/mol. The fourth-order valence-corrected chi connectivity index (χ4v) is 2.86. The number of aromatic nitrogens is 2. The van der Waals surface area contributed by atoms with Crippen molar-refractivity contribution < 1.29 is 9.26 Å². The van der Waals surface area contributed by atoms with Crippen molar-refractivity contribution in [3.05, 3.63) is 11.7 Å². The molecule has 1 aliphatic carbocycles. The molecule has 2 fully saturated rings. The highest BCUT2D eigenvalue weighted by molar-refractivity contribution is 5.00. The van der Waals surface area contributed by atoms with Crippen LogP contribution in [-0.4, -0.2) is 29.4 Å². The van der Waals surface area contributed by atoms with Crippen molar-refractivity contribution >= 4 is 0 Å². The minimum absolute atomic E-state index is 0.111. The molecule has 1 aromatic rings. The molecule has 0 aromatic carbocycles. The summed E-state index contributed by atoms with van der Waals surface area (Å²) < 4.78 is 10.7. The summed E-state index contributed by atoms with van der Waals surface area (Å²) in [6.45, 7) is 3.71. The molecule has 0 amide bonds. The van der Waals surface area contributed by atoms with E-state index < -0.39 is 0 Å². The molecule has 18 heavy (non-hydrogen) atoms. The molecule has 1 saturated carbocycles. The van der Waals surface area contributed by atoms with Gasteiger partial charge in [-0.25, -0.2) is 0 Å². The average molecular weight is 251 g/mol. The Morgan fingerprint density at radius 1 is 1.28 bits per heavy atom. The minimum atomic E-state index is 0.111. The van der Waals surface area contributed by atoms with E-state index in [0.29, 0.717) is 17.9 Å². The summed E-state index contributed by atoms with van der Waals surface area (Å²) in [4.78, 5) is 4.55.